The molecular formula is C67H78N16O5. The molecule has 456 valence electrons. The third-order valence-corrected chi connectivity index (χ3v) is 16.9. The molecule has 21 nitrogen and oxygen atoms in total. The van der Waals surface area contributed by atoms with Crippen LogP contribution < -0.4 is 31.5 Å². The standard InChI is InChI=1S/C35H40N8O3.C32H38N8O2/c1-4-33(45)39-30-20-28(31(44)19-25-11-13-41(3)14-12-25)8-7-27(30)21-32-37-23-24(2)34(40-32)42-15-17-43(18-16-42)35(46)38-29-9-5-26(22-36)6-10-29;1-22-21-35-30(19-25-5-6-26(18-28(25)34)29(41)17-23-9-11-38(2)12-10-23)37-31(22)39-13-15-40(16-14-39)32(42)36-27-7-3-24(20-33)4-8-27/h4-10,20,23,25H,1,11-19,21H2,2-3H3,(H,38,46)(H,39,45);3-8,18,21,23H,9-17,19,34H2,1-2H3,(H,36,42). The first-order valence-corrected chi connectivity index (χ1v) is 30.2. The number of likely N-dealkylation sites (tertiary alicyclic amines) is 2. The Morgan fingerprint density at radius 3 is 1.39 bits per heavy atom. The number of benzene rings is 4. The van der Waals surface area contributed by atoms with Gasteiger partial charge in [0.25, 0.3) is 0 Å². The third-order valence-electron chi connectivity index (χ3n) is 16.9. The van der Waals surface area contributed by atoms with Crippen LogP contribution in [0.4, 0.5) is 44.0 Å². The van der Waals surface area contributed by atoms with E-state index in [9.17, 15) is 24.0 Å². The van der Waals surface area contributed by atoms with E-state index in [2.05, 4.69) is 78.3 Å². The molecule has 2 aromatic heterocycles. The van der Waals surface area contributed by atoms with Crippen molar-refractivity contribution in [2.45, 2.75) is 65.2 Å². The number of hydrogen-bond donors (Lipinski definition) is 4. The van der Waals surface area contributed by atoms with Crippen LogP contribution in [0.2, 0.25) is 0 Å². The van der Waals surface area contributed by atoms with E-state index in [0.717, 1.165) is 85.8 Å². The van der Waals surface area contributed by atoms with Gasteiger partial charge in [0.2, 0.25) is 5.91 Å². The van der Waals surface area contributed by atoms with Gasteiger partial charge in [0, 0.05) is 135 Å². The molecule has 0 saturated carbocycles. The maximum absolute atomic E-state index is 13.2. The molecule has 4 aliphatic rings. The van der Waals surface area contributed by atoms with Gasteiger partial charge in [-0.1, -0.05) is 30.8 Å². The molecule has 0 spiro atoms. The average Bonchev–Trinajstić information content (AvgIpc) is 3.70. The lowest BCUT2D eigenvalue weighted by atomic mass is 9.89. The molecule has 6 heterocycles. The molecule has 5 amide bonds. The zero-order valence-corrected chi connectivity index (χ0v) is 50.8. The highest BCUT2D eigenvalue weighted by Crippen LogP contribution is 2.29. The molecule has 5 N–H and O–H groups in total. The predicted molar refractivity (Wildman–Crippen MR) is 342 cm³/mol. The zero-order valence-electron chi connectivity index (χ0n) is 50.8. The highest BCUT2D eigenvalue weighted by molar-refractivity contribution is 6.02. The molecule has 4 aromatic carbocycles. The lowest BCUT2D eigenvalue weighted by Crippen LogP contribution is -2.50. The number of nitrogen functional groups attached to an aromatic ring is 1. The lowest BCUT2D eigenvalue weighted by molar-refractivity contribution is -0.111. The van der Waals surface area contributed by atoms with Crippen molar-refractivity contribution in [3.05, 3.63) is 166 Å². The molecule has 0 atom stereocenters. The summed E-state index contributed by atoms with van der Waals surface area (Å²) in [5, 5.41) is 26.6. The highest BCUT2D eigenvalue weighted by Gasteiger charge is 2.27. The van der Waals surface area contributed by atoms with E-state index < -0.39 is 0 Å². The molecule has 4 aliphatic heterocycles. The molecule has 0 aliphatic carbocycles. The minimum Gasteiger partial charge on any atom is -0.398 e. The number of carbonyl (C=O) groups excluding carboxylic acids is 5. The van der Waals surface area contributed by atoms with Crippen LogP contribution in [0.25, 0.3) is 0 Å². The van der Waals surface area contributed by atoms with Crippen LogP contribution in [0.15, 0.2) is 110 Å². The second-order valence-electron chi connectivity index (χ2n) is 23.4. The number of aromatic nitrogens is 4. The Bertz CT molecular complexity index is 3570. The van der Waals surface area contributed by atoms with E-state index in [0.29, 0.717) is 147 Å². The second kappa shape index (κ2) is 29.7. The minimum absolute atomic E-state index is 0.0776. The molecule has 21 heteroatoms. The summed E-state index contributed by atoms with van der Waals surface area (Å²) in [5.41, 5.74) is 14.7. The van der Waals surface area contributed by atoms with Crippen molar-refractivity contribution >= 4 is 63.9 Å². The number of anilines is 6. The normalized spacial score (nSPS) is 15.9. The summed E-state index contributed by atoms with van der Waals surface area (Å²) < 4.78 is 0. The van der Waals surface area contributed by atoms with Crippen molar-refractivity contribution in [3.8, 4) is 12.1 Å². The Morgan fingerprint density at radius 2 is 0.977 bits per heavy atom. The Kier molecular flexibility index (Phi) is 21.2. The van der Waals surface area contributed by atoms with E-state index in [-0.39, 0.29) is 29.5 Å². The fraction of sp³-hybridized carbons (Fsp3) is 0.388. The molecule has 6 aromatic rings. The molecule has 10 rings (SSSR count). The van der Waals surface area contributed by atoms with Gasteiger partial charge in [-0.25, -0.2) is 29.5 Å². The number of nitrogens with one attached hydrogen (secondary N) is 3. The summed E-state index contributed by atoms with van der Waals surface area (Å²) >= 11 is 0. The number of aryl methyl sites for hydroxylation is 2. The van der Waals surface area contributed by atoms with Crippen LogP contribution >= 0.6 is 0 Å². The Hall–Kier alpha value is -9.57. The van der Waals surface area contributed by atoms with Crippen LogP contribution in [-0.4, -0.2) is 162 Å². The van der Waals surface area contributed by atoms with Crippen molar-refractivity contribution in [2.75, 3.05) is 124 Å². The van der Waals surface area contributed by atoms with Gasteiger partial charge in [-0.15, -0.1) is 0 Å². The monoisotopic (exact) mass is 1190 g/mol. The third kappa shape index (κ3) is 16.9. The quantitative estimate of drug-likeness (QED) is 0.0401. The fourth-order valence-electron chi connectivity index (χ4n) is 11.4. The lowest BCUT2D eigenvalue weighted by Gasteiger charge is -2.36. The number of piperidine rings is 2. The first kappa shape index (κ1) is 62.9. The van der Waals surface area contributed by atoms with Gasteiger partial charge < -0.3 is 51.1 Å². The molecule has 88 heavy (non-hydrogen) atoms. The number of urea groups is 2. The SMILES string of the molecule is C=CC(=O)Nc1cc(C(=O)CC2CCN(C)CC2)ccc1Cc1ncc(C)c(N2CCN(C(=O)Nc3ccc(C#N)cc3)CC2)n1.Cc1cnc(Cc2ccc(C(=O)CC3CCN(C)CC3)cc2N)nc1N1CCN(C(=O)Nc2ccc(C#N)cc2)CC1. The average molecular weight is 1190 g/mol. The van der Waals surface area contributed by atoms with E-state index in [4.69, 9.17) is 26.2 Å². The van der Waals surface area contributed by atoms with Crippen molar-refractivity contribution in [3.63, 3.8) is 0 Å². The smallest absolute Gasteiger partial charge is 0.321 e. The van der Waals surface area contributed by atoms with Gasteiger partial charge in [-0.05, 0) is 170 Å². The summed E-state index contributed by atoms with van der Waals surface area (Å²) in [5.74, 6) is 3.59. The topological polar surface area (TPSA) is 266 Å². The van der Waals surface area contributed by atoms with Gasteiger partial charge in [-0.3, -0.25) is 14.4 Å². The summed E-state index contributed by atoms with van der Waals surface area (Å²) in [6.07, 6.45) is 10.9. The van der Waals surface area contributed by atoms with Gasteiger partial charge in [-0.2, -0.15) is 10.5 Å². The first-order valence-electron chi connectivity index (χ1n) is 30.2. The Labute approximate surface area is 515 Å². The van der Waals surface area contributed by atoms with Crippen LogP contribution in [0, 0.1) is 48.3 Å². The van der Waals surface area contributed by atoms with E-state index in [1.165, 1.54) is 6.08 Å². The number of nitrogens with zero attached hydrogens (tertiary/aromatic N) is 12. The number of rotatable bonds is 16. The highest BCUT2D eigenvalue weighted by atomic mass is 16.2. The summed E-state index contributed by atoms with van der Waals surface area (Å²) in [6.45, 7) is 16.3. The van der Waals surface area contributed by atoms with Crippen LogP contribution in [0.3, 0.4) is 0 Å². The van der Waals surface area contributed by atoms with Crippen molar-refractivity contribution < 1.29 is 24.0 Å². The molecule has 0 bridgehead atoms. The Balaban J connectivity index is 0.000000210. The maximum Gasteiger partial charge on any atom is 0.321 e. The van der Waals surface area contributed by atoms with Gasteiger partial charge in [0.15, 0.2) is 11.6 Å². The summed E-state index contributed by atoms with van der Waals surface area (Å²) in [7, 11) is 4.23. The van der Waals surface area contributed by atoms with Gasteiger partial charge >= 0.3 is 12.1 Å². The largest absolute Gasteiger partial charge is 0.398 e. The van der Waals surface area contributed by atoms with Crippen molar-refractivity contribution in [2.24, 2.45) is 11.8 Å². The molecule has 4 fully saturated rings. The summed E-state index contributed by atoms with van der Waals surface area (Å²) in [4.78, 5) is 95.4. The molecule has 0 radical (unpaired) electrons. The van der Waals surface area contributed by atoms with Crippen molar-refractivity contribution in [1.82, 2.24) is 39.5 Å². The maximum atomic E-state index is 13.2. The van der Waals surface area contributed by atoms with Crippen LogP contribution in [-0.2, 0) is 17.6 Å². The minimum atomic E-state index is -0.354. The van der Waals surface area contributed by atoms with Crippen LogP contribution in [0.5, 0.6) is 0 Å². The molecule has 0 unspecified atom stereocenters. The van der Waals surface area contributed by atoms with E-state index >= 15 is 0 Å². The predicted octanol–water partition coefficient (Wildman–Crippen LogP) is 8.74. The fourth-order valence-corrected chi connectivity index (χ4v) is 11.4. The van der Waals surface area contributed by atoms with Crippen LogP contribution in [0.1, 0.15) is 104 Å². The van der Waals surface area contributed by atoms with Gasteiger partial charge in [0.1, 0.15) is 23.3 Å². The first-order chi connectivity index (χ1) is 42.5. The number of nitrogens with two attached hydrogens (primary N) is 1. The number of nitriles is 2. The molecular weight excluding hydrogens is 1110 g/mol. The number of piperazine rings is 2. The summed E-state index contributed by atoms with van der Waals surface area (Å²) in [6, 6.07) is 28.4. The van der Waals surface area contributed by atoms with Gasteiger partial charge in [0.05, 0.1) is 23.3 Å². The van der Waals surface area contributed by atoms with E-state index in [1.807, 2.05) is 44.3 Å². The number of Topliss-reactive ketones (excluding diaryl/α,β-unsaturated/α-hetero) is 2. The van der Waals surface area contributed by atoms with E-state index in [1.54, 1.807) is 76.7 Å². The second-order valence-corrected chi connectivity index (χ2v) is 23.4. The number of ketones is 2. The zero-order chi connectivity index (χ0) is 62.3. The Morgan fingerprint density at radius 1 is 0.568 bits per heavy atom. The number of carbonyl (C=O) groups is 5. The van der Waals surface area contributed by atoms with Crippen molar-refractivity contribution in [1.29, 1.82) is 10.5 Å². The number of amides is 5. The molecule has 4 saturated heterocycles. The number of hydrogen-bond acceptors (Lipinski definition) is 16.